The zero-order chi connectivity index (χ0) is 18.5. The molecule has 1 aliphatic rings. The maximum Gasteiger partial charge on any atom is 0.314 e. The smallest absolute Gasteiger partial charge is 0.314 e. The normalized spacial score (nSPS) is 16.5. The zero-order valence-electron chi connectivity index (χ0n) is 16.0. The van der Waals surface area contributed by atoms with Crippen LogP contribution in [0.4, 0.5) is 9.18 Å². The number of carbonyl (C=O) groups excluding carboxylic acids is 1. The maximum atomic E-state index is 14.0. The fourth-order valence-electron chi connectivity index (χ4n) is 3.38. The van der Waals surface area contributed by atoms with Crippen molar-refractivity contribution < 1.29 is 9.18 Å². The van der Waals surface area contributed by atoms with Gasteiger partial charge in [-0.25, -0.2) is 9.18 Å². The molecule has 25 heavy (non-hydrogen) atoms. The molecule has 1 heterocycles. The minimum atomic E-state index is -0.467. The predicted molar refractivity (Wildman–Crippen MR) is 100 cm³/mol. The van der Waals surface area contributed by atoms with E-state index in [9.17, 15) is 9.18 Å². The molecule has 0 spiro atoms. The van der Waals surface area contributed by atoms with E-state index in [1.165, 1.54) is 25.3 Å². The highest BCUT2D eigenvalue weighted by Crippen LogP contribution is 2.25. The molecule has 1 aromatic carbocycles. The molecule has 0 aromatic heterocycles. The molecule has 4 nitrogen and oxygen atoms in total. The number of nitrogens with one attached hydrogen (secondary N) is 2. The van der Waals surface area contributed by atoms with Gasteiger partial charge in [0.2, 0.25) is 0 Å². The van der Waals surface area contributed by atoms with E-state index in [2.05, 4.69) is 29.4 Å². The van der Waals surface area contributed by atoms with Crippen LogP contribution in [0, 0.1) is 5.82 Å². The summed E-state index contributed by atoms with van der Waals surface area (Å²) >= 11 is 0. The Kier molecular flexibility index (Phi) is 6.44. The quantitative estimate of drug-likeness (QED) is 0.823. The van der Waals surface area contributed by atoms with E-state index in [1.54, 1.807) is 12.1 Å². The van der Waals surface area contributed by atoms with Crippen LogP contribution < -0.4 is 10.6 Å². The first-order valence-corrected chi connectivity index (χ1v) is 9.24. The molecule has 0 radical (unpaired) electrons. The van der Waals surface area contributed by atoms with E-state index in [0.29, 0.717) is 18.7 Å². The number of rotatable bonds is 6. The molecule has 2 N–H and O–H groups in total. The third-order valence-electron chi connectivity index (χ3n) is 5.19. The molecule has 1 aliphatic heterocycles. The highest BCUT2D eigenvalue weighted by molar-refractivity contribution is 5.74. The number of likely N-dealkylation sites (tertiary alicyclic amines) is 1. The molecular formula is C20H32FN3O. The average molecular weight is 349 g/mol. The molecule has 1 aromatic rings. The highest BCUT2D eigenvalue weighted by Gasteiger charge is 2.29. The Morgan fingerprint density at radius 1 is 1.04 bits per heavy atom. The SMILES string of the molecule is CC(C)(CNC(=O)NCC(C)(C)N1CCCCC1)c1ccccc1F. The van der Waals surface area contributed by atoms with E-state index in [0.717, 1.165) is 13.1 Å². The molecular weight excluding hydrogens is 317 g/mol. The first-order valence-electron chi connectivity index (χ1n) is 9.24. The Hall–Kier alpha value is -1.62. The third kappa shape index (κ3) is 5.43. The molecule has 1 saturated heterocycles. The minimum Gasteiger partial charge on any atom is -0.337 e. The first-order chi connectivity index (χ1) is 11.7. The Labute approximate surface area is 151 Å². The van der Waals surface area contributed by atoms with E-state index in [4.69, 9.17) is 0 Å². The summed E-state index contributed by atoms with van der Waals surface area (Å²) in [6.45, 7) is 11.4. The predicted octanol–water partition coefficient (Wildman–Crippen LogP) is 3.67. The van der Waals surface area contributed by atoms with Gasteiger partial charge < -0.3 is 10.6 Å². The Bertz CT molecular complexity index is 580. The number of urea groups is 1. The minimum absolute atomic E-state index is 0.0567. The summed E-state index contributed by atoms with van der Waals surface area (Å²) in [7, 11) is 0. The molecule has 0 unspecified atom stereocenters. The number of benzene rings is 1. The molecule has 5 heteroatoms. The van der Waals surface area contributed by atoms with Crippen molar-refractivity contribution in [2.75, 3.05) is 26.2 Å². The molecule has 0 atom stereocenters. The van der Waals surface area contributed by atoms with E-state index in [-0.39, 0.29) is 17.4 Å². The molecule has 1 fully saturated rings. The van der Waals surface area contributed by atoms with E-state index < -0.39 is 5.41 Å². The monoisotopic (exact) mass is 349 g/mol. The van der Waals surface area contributed by atoms with Gasteiger partial charge in [-0.1, -0.05) is 38.5 Å². The summed E-state index contributed by atoms with van der Waals surface area (Å²) in [5.41, 5.74) is 0.0908. The van der Waals surface area contributed by atoms with Crippen LogP contribution in [0.2, 0.25) is 0 Å². The van der Waals surface area contributed by atoms with Gasteiger partial charge in [0.15, 0.2) is 0 Å². The lowest BCUT2D eigenvalue weighted by Gasteiger charge is -2.41. The number of carbonyl (C=O) groups is 1. The number of halogens is 1. The second kappa shape index (κ2) is 8.17. The summed E-state index contributed by atoms with van der Waals surface area (Å²) in [6.07, 6.45) is 3.75. The van der Waals surface area contributed by atoms with Gasteiger partial charge in [-0.15, -0.1) is 0 Å². The summed E-state index contributed by atoms with van der Waals surface area (Å²) in [5, 5.41) is 5.86. The van der Waals surface area contributed by atoms with Crippen molar-refractivity contribution in [2.45, 2.75) is 57.9 Å². The van der Waals surface area contributed by atoms with Gasteiger partial charge in [0, 0.05) is 24.0 Å². The second-order valence-corrected chi connectivity index (χ2v) is 8.26. The van der Waals surface area contributed by atoms with Crippen molar-refractivity contribution in [1.82, 2.24) is 15.5 Å². The first kappa shape index (κ1) is 19.7. The number of nitrogens with zero attached hydrogens (tertiary/aromatic N) is 1. The van der Waals surface area contributed by atoms with E-state index >= 15 is 0 Å². The molecule has 2 rings (SSSR count). The molecule has 0 bridgehead atoms. The lowest BCUT2D eigenvalue weighted by atomic mass is 9.84. The second-order valence-electron chi connectivity index (χ2n) is 8.26. The van der Waals surface area contributed by atoms with Gasteiger partial charge in [-0.05, 0) is 51.4 Å². The number of amides is 2. The van der Waals surface area contributed by atoms with Crippen molar-refractivity contribution in [3.63, 3.8) is 0 Å². The molecule has 140 valence electrons. The fourth-order valence-corrected chi connectivity index (χ4v) is 3.38. The summed E-state index contributed by atoms with van der Waals surface area (Å²) in [4.78, 5) is 14.6. The summed E-state index contributed by atoms with van der Waals surface area (Å²) < 4.78 is 14.0. The Balaban J connectivity index is 1.83. The van der Waals surface area contributed by atoms with Gasteiger partial charge >= 0.3 is 6.03 Å². The Morgan fingerprint density at radius 2 is 1.64 bits per heavy atom. The lowest BCUT2D eigenvalue weighted by molar-refractivity contribution is 0.0959. The van der Waals surface area contributed by atoms with Crippen LogP contribution in [0.3, 0.4) is 0 Å². The number of hydrogen-bond acceptors (Lipinski definition) is 2. The van der Waals surface area contributed by atoms with Gasteiger partial charge in [0.05, 0.1) is 0 Å². The Morgan fingerprint density at radius 3 is 2.28 bits per heavy atom. The number of hydrogen-bond donors (Lipinski definition) is 2. The van der Waals surface area contributed by atoms with Crippen molar-refractivity contribution >= 4 is 6.03 Å². The van der Waals surface area contributed by atoms with Gasteiger partial charge in [-0.2, -0.15) is 0 Å². The van der Waals surface area contributed by atoms with Crippen LogP contribution in [-0.2, 0) is 5.41 Å². The number of piperidine rings is 1. The standard InChI is InChI=1S/C20H32FN3O/c1-19(2,16-10-6-7-11-17(16)21)14-22-18(25)23-15-20(3,4)24-12-8-5-9-13-24/h6-7,10-11H,5,8-9,12-15H2,1-4H3,(H2,22,23,25). The molecule has 0 saturated carbocycles. The van der Waals surface area contributed by atoms with Crippen LogP contribution in [0.5, 0.6) is 0 Å². The van der Waals surface area contributed by atoms with Crippen LogP contribution >= 0.6 is 0 Å². The highest BCUT2D eigenvalue weighted by atomic mass is 19.1. The maximum absolute atomic E-state index is 14.0. The van der Waals surface area contributed by atoms with Crippen molar-refractivity contribution in [3.8, 4) is 0 Å². The largest absolute Gasteiger partial charge is 0.337 e. The van der Waals surface area contributed by atoms with Crippen LogP contribution in [0.25, 0.3) is 0 Å². The van der Waals surface area contributed by atoms with Crippen molar-refractivity contribution in [3.05, 3.63) is 35.6 Å². The van der Waals surface area contributed by atoms with Gasteiger partial charge in [-0.3, -0.25) is 4.90 Å². The van der Waals surface area contributed by atoms with Crippen LogP contribution in [0.1, 0.15) is 52.5 Å². The molecule has 0 aliphatic carbocycles. The fraction of sp³-hybridized carbons (Fsp3) is 0.650. The zero-order valence-corrected chi connectivity index (χ0v) is 16.0. The van der Waals surface area contributed by atoms with Crippen molar-refractivity contribution in [2.24, 2.45) is 0 Å². The topological polar surface area (TPSA) is 44.4 Å². The van der Waals surface area contributed by atoms with Crippen LogP contribution in [-0.4, -0.2) is 42.6 Å². The van der Waals surface area contributed by atoms with Gasteiger partial charge in [0.1, 0.15) is 5.82 Å². The van der Waals surface area contributed by atoms with Crippen LogP contribution in [0.15, 0.2) is 24.3 Å². The van der Waals surface area contributed by atoms with Crippen molar-refractivity contribution in [1.29, 1.82) is 0 Å². The molecule has 2 amide bonds. The van der Waals surface area contributed by atoms with Gasteiger partial charge in [0.25, 0.3) is 0 Å². The summed E-state index contributed by atoms with van der Waals surface area (Å²) in [5.74, 6) is -0.235. The lowest BCUT2D eigenvalue weighted by Crippen LogP contribution is -2.55. The third-order valence-corrected chi connectivity index (χ3v) is 5.19. The summed E-state index contributed by atoms with van der Waals surface area (Å²) in [6, 6.07) is 6.53. The van der Waals surface area contributed by atoms with E-state index in [1.807, 2.05) is 19.9 Å². The average Bonchev–Trinajstić information content (AvgIpc) is 2.59.